The Balaban J connectivity index is 1.72. The predicted molar refractivity (Wildman–Crippen MR) is 108 cm³/mol. The molecule has 1 aromatic carbocycles. The van der Waals surface area contributed by atoms with Gasteiger partial charge in [0.05, 0.1) is 12.1 Å². The molecular weight excluding hydrogens is 366 g/mol. The zero-order chi connectivity index (χ0) is 19.4. The van der Waals surface area contributed by atoms with Gasteiger partial charge in [-0.05, 0) is 23.8 Å². The van der Waals surface area contributed by atoms with Crippen LogP contribution in [0.4, 0.5) is 10.7 Å². The lowest BCUT2D eigenvalue weighted by Gasteiger charge is -2.12. The quantitative estimate of drug-likeness (QED) is 0.588. The van der Waals surface area contributed by atoms with E-state index in [1.807, 2.05) is 43.3 Å². The summed E-state index contributed by atoms with van der Waals surface area (Å²) >= 11 is 1.33. The average Bonchev–Trinajstić information content (AvgIpc) is 3.29. The molecule has 9 heteroatoms. The number of anilines is 1. The van der Waals surface area contributed by atoms with Crippen molar-refractivity contribution in [2.45, 2.75) is 6.42 Å². The molecule has 2 N–H and O–H groups in total. The first kappa shape index (κ1) is 18.6. The first-order valence-corrected chi connectivity index (χ1v) is 8.97. The van der Waals surface area contributed by atoms with Crippen LogP contribution in [-0.2, 0) is 9.63 Å². The number of hydrogen-bond acceptors (Lipinski definition) is 7. The average molecular weight is 385 g/mol. The Bertz CT molecular complexity index is 929. The van der Waals surface area contributed by atoms with E-state index >= 15 is 0 Å². The van der Waals surface area contributed by atoms with Crippen LogP contribution in [0.25, 0.3) is 0 Å². The first-order chi connectivity index (χ1) is 13.0. The van der Waals surface area contributed by atoms with Crippen LogP contribution in [0.1, 0.15) is 17.5 Å². The monoisotopic (exact) mass is 385 g/mol. The van der Waals surface area contributed by atoms with Crippen molar-refractivity contribution >= 4 is 45.3 Å². The normalized spacial score (nSPS) is 15.4. The fourth-order valence-electron chi connectivity index (χ4n) is 2.50. The summed E-state index contributed by atoms with van der Waals surface area (Å²) in [4.78, 5) is 22.4. The molecule has 2 heterocycles. The number of hydrazone groups is 1. The number of nitrogens with zero attached hydrogens (tertiary/aromatic N) is 4. The minimum Gasteiger partial charge on any atom is -0.476 e. The van der Waals surface area contributed by atoms with E-state index in [9.17, 15) is 9.90 Å². The van der Waals surface area contributed by atoms with Crippen molar-refractivity contribution in [2.75, 3.05) is 26.1 Å². The molecule has 2 aromatic rings. The topological polar surface area (TPSA) is 98.9 Å². The van der Waals surface area contributed by atoms with E-state index in [1.165, 1.54) is 18.4 Å². The zero-order valence-corrected chi connectivity index (χ0v) is 15.9. The number of benzene rings is 1. The second-order valence-corrected chi connectivity index (χ2v) is 6.84. The van der Waals surface area contributed by atoms with Crippen LogP contribution in [0.3, 0.4) is 0 Å². The number of oxime groups is 1. The molecular formula is C18H19N5O3S. The summed E-state index contributed by atoms with van der Waals surface area (Å²) < 4.78 is 0. The third kappa shape index (κ3) is 4.32. The standard InChI is InChI=1S/C18H19N5O3S/c1-23(2)13-6-4-11(5-7-13)14-9-15(21-20-14)19-16-8-12(10-27-16)17(18(24)25)22-26-3/h4-8,10H,9H2,1-3H3,(H,19,21)(H,24,25)/b22-17-. The molecule has 0 radical (unpaired) electrons. The maximum atomic E-state index is 11.2. The minimum atomic E-state index is -1.15. The molecule has 0 saturated carbocycles. The molecule has 0 saturated heterocycles. The lowest BCUT2D eigenvalue weighted by atomic mass is 10.1. The number of thiophene rings is 1. The van der Waals surface area contributed by atoms with Gasteiger partial charge < -0.3 is 14.8 Å². The fraction of sp³-hybridized carbons (Fsp3) is 0.222. The van der Waals surface area contributed by atoms with Gasteiger partial charge in [-0.25, -0.2) is 9.79 Å². The van der Waals surface area contributed by atoms with E-state index in [1.54, 1.807) is 11.4 Å². The molecule has 3 rings (SSSR count). The van der Waals surface area contributed by atoms with Gasteiger partial charge >= 0.3 is 5.97 Å². The predicted octanol–water partition coefficient (Wildman–Crippen LogP) is 2.68. The van der Waals surface area contributed by atoms with Crippen LogP contribution in [0, 0.1) is 0 Å². The van der Waals surface area contributed by atoms with Crippen molar-refractivity contribution in [2.24, 2.45) is 15.2 Å². The molecule has 27 heavy (non-hydrogen) atoms. The number of aliphatic carboxylic acids is 1. The Labute approximate surface area is 160 Å². The van der Waals surface area contributed by atoms with Crippen molar-refractivity contribution in [1.29, 1.82) is 0 Å². The highest BCUT2D eigenvalue weighted by atomic mass is 32.1. The zero-order valence-electron chi connectivity index (χ0n) is 15.1. The number of amidine groups is 1. The van der Waals surface area contributed by atoms with Gasteiger partial charge in [-0.1, -0.05) is 17.3 Å². The Morgan fingerprint density at radius 1 is 1.33 bits per heavy atom. The molecule has 0 bridgehead atoms. The van der Waals surface area contributed by atoms with Gasteiger partial charge in [0.15, 0.2) is 5.71 Å². The van der Waals surface area contributed by atoms with Crippen LogP contribution in [-0.4, -0.2) is 49.5 Å². The first-order valence-electron chi connectivity index (χ1n) is 8.09. The molecule has 1 aliphatic rings. The number of carbonyl (C=O) groups is 1. The smallest absolute Gasteiger partial charge is 0.358 e. The van der Waals surface area contributed by atoms with Gasteiger partial charge in [0, 0.05) is 30.7 Å². The maximum Gasteiger partial charge on any atom is 0.358 e. The van der Waals surface area contributed by atoms with Gasteiger partial charge in [0.2, 0.25) is 0 Å². The molecule has 8 nitrogen and oxygen atoms in total. The lowest BCUT2D eigenvalue weighted by Crippen LogP contribution is -2.13. The van der Waals surface area contributed by atoms with Gasteiger partial charge in [0.1, 0.15) is 17.9 Å². The van der Waals surface area contributed by atoms with Crippen LogP contribution in [0.5, 0.6) is 0 Å². The van der Waals surface area contributed by atoms with Crippen LogP contribution >= 0.6 is 11.3 Å². The number of carboxylic acid groups (broad SMARTS) is 1. The van der Waals surface area contributed by atoms with Gasteiger partial charge in [0.25, 0.3) is 0 Å². The van der Waals surface area contributed by atoms with Gasteiger partial charge in [-0.3, -0.25) is 5.43 Å². The highest BCUT2D eigenvalue weighted by Gasteiger charge is 2.18. The highest BCUT2D eigenvalue weighted by Crippen LogP contribution is 2.25. The van der Waals surface area contributed by atoms with Crippen molar-refractivity contribution < 1.29 is 14.7 Å². The van der Waals surface area contributed by atoms with E-state index < -0.39 is 5.97 Å². The number of hydrogen-bond donors (Lipinski definition) is 2. The number of rotatable bonds is 6. The maximum absolute atomic E-state index is 11.2. The summed E-state index contributed by atoms with van der Waals surface area (Å²) in [6.07, 6.45) is 0.576. The van der Waals surface area contributed by atoms with Crippen LogP contribution < -0.4 is 10.3 Å². The summed E-state index contributed by atoms with van der Waals surface area (Å²) in [6, 6.07) is 9.81. The molecule has 1 aromatic heterocycles. The number of carboxylic acids is 1. The second-order valence-electron chi connectivity index (χ2n) is 5.95. The van der Waals surface area contributed by atoms with Gasteiger partial charge in [-0.15, -0.1) is 11.3 Å². The summed E-state index contributed by atoms with van der Waals surface area (Å²) in [5, 5.41) is 19.4. The largest absolute Gasteiger partial charge is 0.476 e. The van der Waals surface area contributed by atoms with Gasteiger partial charge in [-0.2, -0.15) is 5.10 Å². The molecule has 0 spiro atoms. The third-order valence-electron chi connectivity index (χ3n) is 3.86. The van der Waals surface area contributed by atoms with Crippen molar-refractivity contribution in [3.05, 3.63) is 46.8 Å². The molecule has 0 amide bonds. The SMILES string of the molecule is CO/N=C(\C(=O)O)c1csc(/N=C2/CC(c3ccc(N(C)C)cc3)=NN2)c1. The summed E-state index contributed by atoms with van der Waals surface area (Å²) in [7, 11) is 5.30. The van der Waals surface area contributed by atoms with E-state index in [2.05, 4.69) is 25.5 Å². The summed E-state index contributed by atoms with van der Waals surface area (Å²) in [6.45, 7) is 0. The third-order valence-corrected chi connectivity index (χ3v) is 4.68. The Morgan fingerprint density at radius 3 is 2.70 bits per heavy atom. The number of aliphatic imine (C=N–C) groups is 1. The summed E-state index contributed by atoms with van der Waals surface area (Å²) in [5.74, 6) is -0.449. The Kier molecular flexibility index (Phi) is 5.51. The Morgan fingerprint density at radius 2 is 2.07 bits per heavy atom. The number of nitrogens with one attached hydrogen (secondary N) is 1. The molecule has 1 aliphatic heterocycles. The van der Waals surface area contributed by atoms with Crippen molar-refractivity contribution in [1.82, 2.24) is 5.43 Å². The molecule has 0 unspecified atom stereocenters. The van der Waals surface area contributed by atoms with E-state index in [-0.39, 0.29) is 5.71 Å². The second kappa shape index (κ2) is 8.00. The van der Waals surface area contributed by atoms with Crippen molar-refractivity contribution in [3.63, 3.8) is 0 Å². The highest BCUT2D eigenvalue weighted by molar-refractivity contribution is 7.14. The van der Waals surface area contributed by atoms with Crippen molar-refractivity contribution in [3.8, 4) is 0 Å². The fourth-order valence-corrected chi connectivity index (χ4v) is 3.29. The van der Waals surface area contributed by atoms with E-state index in [0.717, 1.165) is 17.0 Å². The molecule has 0 atom stereocenters. The Hall–Kier alpha value is -3.20. The van der Waals surface area contributed by atoms with Crippen LogP contribution in [0.2, 0.25) is 0 Å². The van der Waals surface area contributed by atoms with E-state index in [4.69, 9.17) is 0 Å². The molecule has 0 aliphatic carbocycles. The minimum absolute atomic E-state index is 0.155. The lowest BCUT2D eigenvalue weighted by molar-refractivity contribution is -0.129. The van der Waals surface area contributed by atoms with Crippen LogP contribution in [0.15, 0.2) is 51.0 Å². The molecule has 140 valence electrons. The van der Waals surface area contributed by atoms with E-state index in [0.29, 0.717) is 22.8 Å². The molecule has 0 fully saturated rings. The summed E-state index contributed by atoms with van der Waals surface area (Å²) in [5.41, 5.74) is 6.30.